The van der Waals surface area contributed by atoms with E-state index in [1.54, 1.807) is 0 Å². The monoisotopic (exact) mass is 306 g/mol. The Balaban J connectivity index is 1.57. The van der Waals surface area contributed by atoms with E-state index < -0.39 is 0 Å². The SMILES string of the molecule is c1ccc2nc(Nc3ccnc(N4CCNCC4)c3)ncc2c1. The van der Waals surface area contributed by atoms with Crippen molar-refractivity contribution in [3.8, 4) is 0 Å². The number of benzene rings is 1. The second kappa shape index (κ2) is 6.18. The lowest BCUT2D eigenvalue weighted by molar-refractivity contribution is 0.585. The summed E-state index contributed by atoms with van der Waals surface area (Å²) < 4.78 is 0. The van der Waals surface area contributed by atoms with E-state index in [4.69, 9.17) is 0 Å². The minimum absolute atomic E-state index is 0.598. The summed E-state index contributed by atoms with van der Waals surface area (Å²) in [5.41, 5.74) is 1.88. The van der Waals surface area contributed by atoms with Gasteiger partial charge < -0.3 is 15.5 Å². The molecule has 2 aromatic heterocycles. The fourth-order valence-corrected chi connectivity index (χ4v) is 2.72. The first-order valence-electron chi connectivity index (χ1n) is 7.79. The summed E-state index contributed by atoms with van der Waals surface area (Å²) in [7, 11) is 0. The summed E-state index contributed by atoms with van der Waals surface area (Å²) in [4.78, 5) is 15.7. The van der Waals surface area contributed by atoms with Gasteiger partial charge in [0.25, 0.3) is 0 Å². The molecule has 116 valence electrons. The van der Waals surface area contributed by atoms with Gasteiger partial charge in [0.1, 0.15) is 5.82 Å². The fraction of sp³-hybridized carbons (Fsp3) is 0.235. The van der Waals surface area contributed by atoms with Crippen molar-refractivity contribution in [1.29, 1.82) is 0 Å². The van der Waals surface area contributed by atoms with Gasteiger partial charge in [-0.2, -0.15) is 0 Å². The summed E-state index contributed by atoms with van der Waals surface area (Å²) in [6.45, 7) is 3.94. The third-order valence-electron chi connectivity index (χ3n) is 3.93. The van der Waals surface area contributed by atoms with E-state index in [0.717, 1.165) is 48.6 Å². The maximum atomic E-state index is 4.55. The number of nitrogens with zero attached hydrogens (tertiary/aromatic N) is 4. The Morgan fingerprint density at radius 1 is 1.04 bits per heavy atom. The lowest BCUT2D eigenvalue weighted by atomic mass is 10.2. The quantitative estimate of drug-likeness (QED) is 0.773. The van der Waals surface area contributed by atoms with Crippen LogP contribution in [0.2, 0.25) is 0 Å². The van der Waals surface area contributed by atoms with Gasteiger partial charge in [-0.25, -0.2) is 15.0 Å². The number of piperazine rings is 1. The molecule has 2 N–H and O–H groups in total. The molecule has 3 aromatic rings. The molecule has 3 heterocycles. The molecule has 1 fully saturated rings. The molecule has 0 radical (unpaired) electrons. The minimum Gasteiger partial charge on any atom is -0.354 e. The molecule has 0 spiro atoms. The zero-order chi connectivity index (χ0) is 15.5. The first kappa shape index (κ1) is 13.9. The van der Waals surface area contributed by atoms with Crippen molar-refractivity contribution >= 4 is 28.4 Å². The van der Waals surface area contributed by atoms with E-state index in [-0.39, 0.29) is 0 Å². The van der Waals surface area contributed by atoms with Crippen LogP contribution < -0.4 is 15.5 Å². The first-order valence-corrected chi connectivity index (χ1v) is 7.79. The van der Waals surface area contributed by atoms with E-state index in [1.165, 1.54) is 0 Å². The second-order valence-corrected chi connectivity index (χ2v) is 5.52. The van der Waals surface area contributed by atoms with Gasteiger partial charge >= 0.3 is 0 Å². The van der Waals surface area contributed by atoms with Gasteiger partial charge in [0.15, 0.2) is 0 Å². The molecular formula is C17H18N6. The van der Waals surface area contributed by atoms with Crippen LogP contribution in [0.3, 0.4) is 0 Å². The molecule has 6 nitrogen and oxygen atoms in total. The zero-order valence-corrected chi connectivity index (χ0v) is 12.7. The third-order valence-corrected chi connectivity index (χ3v) is 3.93. The number of rotatable bonds is 3. The van der Waals surface area contributed by atoms with Gasteiger partial charge in [-0.15, -0.1) is 0 Å². The predicted octanol–water partition coefficient (Wildman–Crippen LogP) is 2.18. The number of hydrogen-bond acceptors (Lipinski definition) is 6. The van der Waals surface area contributed by atoms with Gasteiger partial charge in [0.2, 0.25) is 5.95 Å². The van der Waals surface area contributed by atoms with E-state index >= 15 is 0 Å². The Kier molecular flexibility index (Phi) is 3.73. The maximum Gasteiger partial charge on any atom is 0.227 e. The topological polar surface area (TPSA) is 66.0 Å². The van der Waals surface area contributed by atoms with Crippen molar-refractivity contribution in [1.82, 2.24) is 20.3 Å². The number of hydrogen-bond donors (Lipinski definition) is 2. The molecule has 1 aliphatic rings. The van der Waals surface area contributed by atoms with Gasteiger partial charge in [-0.3, -0.25) is 0 Å². The molecule has 6 heteroatoms. The van der Waals surface area contributed by atoms with Crippen LogP contribution in [0.1, 0.15) is 0 Å². The number of pyridine rings is 1. The molecule has 0 amide bonds. The van der Waals surface area contributed by atoms with Gasteiger partial charge in [-0.05, 0) is 12.1 Å². The molecular weight excluding hydrogens is 288 g/mol. The largest absolute Gasteiger partial charge is 0.354 e. The van der Waals surface area contributed by atoms with Crippen molar-refractivity contribution in [2.45, 2.75) is 0 Å². The smallest absolute Gasteiger partial charge is 0.227 e. The Morgan fingerprint density at radius 2 is 1.91 bits per heavy atom. The van der Waals surface area contributed by atoms with Gasteiger partial charge in [0.05, 0.1) is 5.52 Å². The highest BCUT2D eigenvalue weighted by Gasteiger charge is 2.12. The second-order valence-electron chi connectivity index (χ2n) is 5.52. The summed E-state index contributed by atoms with van der Waals surface area (Å²) in [5, 5.41) is 7.66. The molecule has 23 heavy (non-hydrogen) atoms. The molecule has 1 saturated heterocycles. The number of fused-ring (bicyclic) bond motifs is 1. The minimum atomic E-state index is 0.598. The molecule has 0 aliphatic carbocycles. The van der Waals surface area contributed by atoms with Crippen molar-refractivity contribution in [2.75, 3.05) is 36.4 Å². The number of nitrogens with one attached hydrogen (secondary N) is 2. The highest BCUT2D eigenvalue weighted by Crippen LogP contribution is 2.20. The Morgan fingerprint density at radius 3 is 2.83 bits per heavy atom. The van der Waals surface area contributed by atoms with Crippen molar-refractivity contribution in [3.63, 3.8) is 0 Å². The molecule has 0 atom stereocenters. The summed E-state index contributed by atoms with van der Waals surface area (Å²) in [6, 6.07) is 11.9. The van der Waals surface area contributed by atoms with Crippen LogP contribution >= 0.6 is 0 Å². The normalized spacial score (nSPS) is 14.9. The molecule has 0 bridgehead atoms. The lowest BCUT2D eigenvalue weighted by Crippen LogP contribution is -2.43. The highest BCUT2D eigenvalue weighted by atomic mass is 15.2. The average molecular weight is 306 g/mol. The van der Waals surface area contributed by atoms with Crippen LogP contribution in [0.25, 0.3) is 10.9 Å². The van der Waals surface area contributed by atoms with Crippen LogP contribution in [0.15, 0.2) is 48.8 Å². The van der Waals surface area contributed by atoms with Crippen molar-refractivity contribution in [2.24, 2.45) is 0 Å². The van der Waals surface area contributed by atoms with Crippen LogP contribution in [-0.4, -0.2) is 41.1 Å². The first-order chi connectivity index (χ1) is 11.4. The van der Waals surface area contributed by atoms with Gasteiger partial charge in [-0.1, -0.05) is 18.2 Å². The van der Waals surface area contributed by atoms with Crippen LogP contribution in [0.5, 0.6) is 0 Å². The zero-order valence-electron chi connectivity index (χ0n) is 12.7. The van der Waals surface area contributed by atoms with Crippen molar-refractivity contribution in [3.05, 3.63) is 48.8 Å². The highest BCUT2D eigenvalue weighted by molar-refractivity contribution is 5.78. The van der Waals surface area contributed by atoms with E-state index in [9.17, 15) is 0 Å². The molecule has 0 saturated carbocycles. The summed E-state index contributed by atoms with van der Waals surface area (Å²) >= 11 is 0. The van der Waals surface area contributed by atoms with Crippen LogP contribution in [0.4, 0.5) is 17.5 Å². The van der Waals surface area contributed by atoms with E-state index in [0.29, 0.717) is 5.95 Å². The molecule has 1 aliphatic heterocycles. The molecule has 4 rings (SSSR count). The van der Waals surface area contributed by atoms with Gasteiger partial charge in [0, 0.05) is 55.7 Å². The number of para-hydroxylation sites is 1. The number of anilines is 3. The molecule has 1 aromatic carbocycles. The van der Waals surface area contributed by atoms with E-state index in [2.05, 4.69) is 30.5 Å². The Hall–Kier alpha value is -2.73. The predicted molar refractivity (Wildman–Crippen MR) is 92.1 cm³/mol. The summed E-state index contributed by atoms with van der Waals surface area (Å²) in [5.74, 6) is 1.58. The standard InChI is InChI=1S/C17H18N6/c1-2-4-15-13(3-1)12-20-17(22-15)21-14-5-6-19-16(11-14)23-9-7-18-8-10-23/h1-6,11-12,18H,7-10H2,(H,19,20,21,22). The Bertz CT molecular complexity index is 813. The Labute approximate surface area is 134 Å². The van der Waals surface area contributed by atoms with Crippen LogP contribution in [-0.2, 0) is 0 Å². The third kappa shape index (κ3) is 3.07. The van der Waals surface area contributed by atoms with E-state index in [1.807, 2.05) is 48.8 Å². The average Bonchev–Trinajstić information content (AvgIpc) is 2.63. The number of aromatic nitrogens is 3. The van der Waals surface area contributed by atoms with Crippen LogP contribution in [0, 0.1) is 0 Å². The van der Waals surface area contributed by atoms with Crippen molar-refractivity contribution < 1.29 is 0 Å². The molecule has 0 unspecified atom stereocenters. The lowest BCUT2D eigenvalue weighted by Gasteiger charge is -2.28. The maximum absolute atomic E-state index is 4.55. The fourth-order valence-electron chi connectivity index (χ4n) is 2.72. The summed E-state index contributed by atoms with van der Waals surface area (Å²) in [6.07, 6.45) is 3.66.